The highest BCUT2D eigenvalue weighted by atomic mass is 32.1. The lowest BCUT2D eigenvalue weighted by molar-refractivity contribution is 1.12. The number of nitrogens with zero attached hydrogens (tertiary/aromatic N) is 2. The molecule has 3 heterocycles. The molecule has 0 aliphatic rings. The topological polar surface area (TPSA) is 9.86 Å². The predicted octanol–water partition coefficient (Wildman–Crippen LogP) is 12.4. The molecule has 3 heteroatoms. The first-order valence-electron chi connectivity index (χ1n) is 16.0. The van der Waals surface area contributed by atoms with Crippen LogP contribution in [0.25, 0.3) is 86.5 Å². The van der Waals surface area contributed by atoms with Crippen LogP contribution in [0.2, 0.25) is 0 Å². The standard InChI is InChI=1S/C44H28N2S/c1-4-14-29(15-5-1)32-21-12-22-36-37-23-13-25-40(44(37)47-43(32)36)46-39-24-11-10-20-33(39)34-26-27-35-38(30-16-6-2-7-17-30)28-45(41(35)42(34)46)31-18-8-3-9-19-31/h1-28H. The second-order valence-corrected chi connectivity index (χ2v) is 13.1. The van der Waals surface area contributed by atoms with Gasteiger partial charge in [-0.2, -0.15) is 0 Å². The summed E-state index contributed by atoms with van der Waals surface area (Å²) in [5, 5.41) is 6.35. The van der Waals surface area contributed by atoms with Crippen molar-refractivity contribution in [2.75, 3.05) is 0 Å². The van der Waals surface area contributed by atoms with E-state index in [1.54, 1.807) is 0 Å². The third kappa shape index (κ3) is 3.90. The van der Waals surface area contributed by atoms with Crippen LogP contribution in [0.15, 0.2) is 170 Å². The van der Waals surface area contributed by atoms with Gasteiger partial charge in [-0.05, 0) is 41.0 Å². The minimum Gasteiger partial charge on any atom is -0.314 e. The summed E-state index contributed by atoms with van der Waals surface area (Å²) in [6, 6.07) is 59.4. The Morgan fingerprint density at radius 2 is 0.979 bits per heavy atom. The van der Waals surface area contributed by atoms with Gasteiger partial charge in [-0.15, -0.1) is 11.3 Å². The Kier molecular flexibility index (Phi) is 5.78. The minimum atomic E-state index is 1.15. The molecule has 7 aromatic carbocycles. The first-order valence-corrected chi connectivity index (χ1v) is 16.8. The van der Waals surface area contributed by atoms with E-state index in [0.29, 0.717) is 0 Å². The molecule has 0 saturated heterocycles. The van der Waals surface area contributed by atoms with Gasteiger partial charge in [-0.25, -0.2) is 0 Å². The second-order valence-electron chi connectivity index (χ2n) is 12.1. The Hall–Kier alpha value is -5.90. The summed E-state index contributed by atoms with van der Waals surface area (Å²) in [4.78, 5) is 0. The molecule has 47 heavy (non-hydrogen) atoms. The summed E-state index contributed by atoms with van der Waals surface area (Å²) in [6.07, 6.45) is 2.32. The van der Waals surface area contributed by atoms with Gasteiger partial charge in [-0.1, -0.05) is 140 Å². The van der Waals surface area contributed by atoms with Crippen molar-refractivity contribution in [3.8, 4) is 33.6 Å². The fourth-order valence-corrected chi connectivity index (χ4v) is 8.82. The van der Waals surface area contributed by atoms with E-state index in [-0.39, 0.29) is 0 Å². The number of aromatic nitrogens is 2. The molecule has 0 radical (unpaired) electrons. The van der Waals surface area contributed by atoms with Gasteiger partial charge < -0.3 is 9.13 Å². The Labute approximate surface area is 276 Å². The number of thiophene rings is 1. The van der Waals surface area contributed by atoms with Crippen LogP contribution < -0.4 is 0 Å². The number of rotatable bonds is 4. The molecule has 0 atom stereocenters. The molecule has 0 fully saturated rings. The van der Waals surface area contributed by atoms with Crippen molar-refractivity contribution in [1.29, 1.82) is 0 Å². The zero-order chi connectivity index (χ0) is 30.9. The van der Waals surface area contributed by atoms with Gasteiger partial charge in [0.2, 0.25) is 0 Å². The number of hydrogen-bond donors (Lipinski definition) is 0. The van der Waals surface area contributed by atoms with E-state index in [9.17, 15) is 0 Å². The maximum absolute atomic E-state index is 2.53. The monoisotopic (exact) mass is 616 g/mol. The zero-order valence-electron chi connectivity index (χ0n) is 25.5. The largest absolute Gasteiger partial charge is 0.314 e. The highest BCUT2D eigenvalue weighted by molar-refractivity contribution is 7.26. The van der Waals surface area contributed by atoms with Crippen molar-refractivity contribution in [2.45, 2.75) is 0 Å². The van der Waals surface area contributed by atoms with Gasteiger partial charge in [0.05, 0.1) is 26.9 Å². The van der Waals surface area contributed by atoms with Crippen LogP contribution >= 0.6 is 11.3 Å². The van der Waals surface area contributed by atoms with E-state index in [1.807, 2.05) is 11.3 Å². The highest BCUT2D eigenvalue weighted by Crippen LogP contribution is 2.46. The average molecular weight is 617 g/mol. The van der Waals surface area contributed by atoms with Crippen LogP contribution in [0.5, 0.6) is 0 Å². The molecule has 2 nitrogen and oxygen atoms in total. The molecular weight excluding hydrogens is 589 g/mol. The normalized spacial score (nSPS) is 11.8. The zero-order valence-corrected chi connectivity index (χ0v) is 26.3. The summed E-state index contributed by atoms with van der Waals surface area (Å²) in [6.45, 7) is 0. The molecule has 0 bridgehead atoms. The fourth-order valence-electron chi connectivity index (χ4n) is 7.48. The first-order chi connectivity index (χ1) is 23.3. The molecule has 0 amide bonds. The summed E-state index contributed by atoms with van der Waals surface area (Å²) in [7, 11) is 0. The molecule has 0 aliphatic carbocycles. The molecule has 3 aromatic heterocycles. The number of fused-ring (bicyclic) bond motifs is 8. The lowest BCUT2D eigenvalue weighted by atomic mass is 10.0. The Balaban J connectivity index is 1.37. The maximum Gasteiger partial charge on any atom is 0.0789 e. The summed E-state index contributed by atoms with van der Waals surface area (Å²) in [5.74, 6) is 0. The Morgan fingerprint density at radius 1 is 0.383 bits per heavy atom. The molecule has 220 valence electrons. The summed E-state index contributed by atoms with van der Waals surface area (Å²) in [5.41, 5.74) is 11.0. The lowest BCUT2D eigenvalue weighted by Gasteiger charge is -2.12. The van der Waals surface area contributed by atoms with Gasteiger partial charge >= 0.3 is 0 Å². The van der Waals surface area contributed by atoms with Crippen LogP contribution in [0.3, 0.4) is 0 Å². The summed E-state index contributed by atoms with van der Waals surface area (Å²) < 4.78 is 7.55. The smallest absolute Gasteiger partial charge is 0.0789 e. The second kappa shape index (κ2) is 10.3. The van der Waals surface area contributed by atoms with Crippen LogP contribution in [0.4, 0.5) is 0 Å². The third-order valence-electron chi connectivity index (χ3n) is 9.55. The number of benzene rings is 7. The molecule has 10 rings (SSSR count). The van der Waals surface area contributed by atoms with Gasteiger partial charge in [0.1, 0.15) is 0 Å². The number of para-hydroxylation sites is 2. The van der Waals surface area contributed by atoms with Gasteiger partial charge in [0.25, 0.3) is 0 Å². The minimum absolute atomic E-state index is 1.15. The molecular formula is C44H28N2S. The van der Waals surface area contributed by atoms with Gasteiger partial charge in [0.15, 0.2) is 0 Å². The van der Waals surface area contributed by atoms with Crippen LogP contribution in [0.1, 0.15) is 0 Å². The molecule has 0 aliphatic heterocycles. The average Bonchev–Trinajstić information content (AvgIpc) is 3.83. The Morgan fingerprint density at radius 3 is 1.74 bits per heavy atom. The van der Waals surface area contributed by atoms with E-state index < -0.39 is 0 Å². The van der Waals surface area contributed by atoms with E-state index in [4.69, 9.17) is 0 Å². The fraction of sp³-hybridized carbons (Fsp3) is 0. The Bertz CT molecular complexity index is 2770. The molecule has 0 saturated carbocycles. The molecule has 0 N–H and O–H groups in total. The van der Waals surface area contributed by atoms with Crippen molar-refractivity contribution >= 4 is 64.2 Å². The van der Waals surface area contributed by atoms with E-state index in [0.717, 1.165) is 5.69 Å². The summed E-state index contributed by atoms with van der Waals surface area (Å²) >= 11 is 1.91. The van der Waals surface area contributed by atoms with E-state index >= 15 is 0 Å². The van der Waals surface area contributed by atoms with Crippen molar-refractivity contribution in [3.05, 3.63) is 170 Å². The third-order valence-corrected chi connectivity index (χ3v) is 10.8. The highest BCUT2D eigenvalue weighted by Gasteiger charge is 2.22. The SMILES string of the molecule is c1ccc(-c2cn(-c3ccccc3)c3c2ccc2c4ccccc4n(-c4cccc5c4sc4c(-c6ccccc6)cccc45)c23)cc1. The maximum atomic E-state index is 2.53. The quantitative estimate of drug-likeness (QED) is 0.186. The lowest BCUT2D eigenvalue weighted by Crippen LogP contribution is -1.98. The van der Waals surface area contributed by atoms with Gasteiger partial charge in [0, 0.05) is 49.1 Å². The van der Waals surface area contributed by atoms with Crippen molar-refractivity contribution < 1.29 is 0 Å². The van der Waals surface area contributed by atoms with Crippen molar-refractivity contribution in [2.24, 2.45) is 0 Å². The van der Waals surface area contributed by atoms with E-state index in [1.165, 1.54) is 80.8 Å². The predicted molar refractivity (Wildman–Crippen MR) is 201 cm³/mol. The molecule has 0 unspecified atom stereocenters. The molecule has 0 spiro atoms. The van der Waals surface area contributed by atoms with Crippen molar-refractivity contribution in [1.82, 2.24) is 9.13 Å². The number of hydrogen-bond acceptors (Lipinski definition) is 1. The van der Waals surface area contributed by atoms with Crippen LogP contribution in [-0.4, -0.2) is 9.13 Å². The van der Waals surface area contributed by atoms with Crippen molar-refractivity contribution in [3.63, 3.8) is 0 Å². The van der Waals surface area contributed by atoms with Gasteiger partial charge in [-0.3, -0.25) is 0 Å². The van der Waals surface area contributed by atoms with Crippen LogP contribution in [0, 0.1) is 0 Å². The van der Waals surface area contributed by atoms with Crippen LogP contribution in [-0.2, 0) is 0 Å². The molecule has 10 aromatic rings. The first kappa shape index (κ1) is 26.3. The van der Waals surface area contributed by atoms with E-state index in [2.05, 4.69) is 179 Å².